The largest absolute Gasteiger partial charge is 0.271 e. The average molecular weight is 266 g/mol. The number of aromatic nitrogens is 4. The van der Waals surface area contributed by atoms with Crippen LogP contribution in [0.1, 0.15) is 43.3 Å². The van der Waals surface area contributed by atoms with Crippen molar-refractivity contribution in [3.63, 3.8) is 0 Å². The molecule has 1 unspecified atom stereocenters. The van der Waals surface area contributed by atoms with Gasteiger partial charge in [0.1, 0.15) is 12.2 Å². The second-order valence-electron chi connectivity index (χ2n) is 5.17. The van der Waals surface area contributed by atoms with Crippen molar-refractivity contribution in [3.05, 3.63) is 28.2 Å². The Hall–Kier alpha value is -1.31. The molecular weight excluding hydrogens is 248 g/mol. The van der Waals surface area contributed by atoms with Gasteiger partial charge < -0.3 is 0 Å². The summed E-state index contributed by atoms with van der Waals surface area (Å²) in [5.41, 5.74) is 3.92. The van der Waals surface area contributed by atoms with Gasteiger partial charge in [0, 0.05) is 17.2 Å². The van der Waals surface area contributed by atoms with Crippen LogP contribution in [0.15, 0.2) is 11.7 Å². The van der Waals surface area contributed by atoms with Gasteiger partial charge in [0.05, 0.1) is 16.7 Å². The van der Waals surface area contributed by atoms with E-state index in [0.717, 1.165) is 16.5 Å². The van der Waals surface area contributed by atoms with Crippen LogP contribution in [-0.4, -0.2) is 20.2 Å². The van der Waals surface area contributed by atoms with Crippen LogP contribution in [-0.2, 0) is 11.8 Å². The Morgan fingerprint density at radius 2 is 2.28 bits per heavy atom. The van der Waals surface area contributed by atoms with Crippen LogP contribution in [0.25, 0.3) is 0 Å². The van der Waals surface area contributed by atoms with E-state index in [1.807, 2.05) is 0 Å². The lowest BCUT2D eigenvalue weighted by molar-refractivity contribution is 0.519. The van der Waals surface area contributed by atoms with E-state index in [1.54, 1.807) is 11.3 Å². The summed E-state index contributed by atoms with van der Waals surface area (Å²) in [6.07, 6.45) is 2.18. The lowest BCUT2D eigenvalue weighted by Gasteiger charge is -2.14. The average Bonchev–Trinajstić information content (AvgIpc) is 2.95. The first-order chi connectivity index (χ1) is 8.50. The fourth-order valence-electron chi connectivity index (χ4n) is 1.54. The van der Waals surface area contributed by atoms with Crippen molar-refractivity contribution in [1.82, 2.24) is 25.6 Å². The molecule has 0 amide bonds. The monoisotopic (exact) mass is 266 g/mol. The summed E-state index contributed by atoms with van der Waals surface area (Å²) in [5.74, 6) is 6.27. The van der Waals surface area contributed by atoms with Gasteiger partial charge >= 0.3 is 0 Å². The molecule has 0 aromatic carbocycles. The Bertz CT molecular complexity index is 484. The smallest absolute Gasteiger partial charge is 0.143 e. The fraction of sp³-hybridized carbons (Fsp3) is 0.545. The Kier molecular flexibility index (Phi) is 3.74. The van der Waals surface area contributed by atoms with Crippen LogP contribution < -0.4 is 11.3 Å². The summed E-state index contributed by atoms with van der Waals surface area (Å²) in [7, 11) is 0. The second-order valence-corrected chi connectivity index (χ2v) is 6.11. The topological polar surface area (TPSA) is 92.5 Å². The van der Waals surface area contributed by atoms with E-state index in [2.05, 4.69) is 51.7 Å². The molecule has 0 aliphatic heterocycles. The van der Waals surface area contributed by atoms with Crippen LogP contribution in [0.5, 0.6) is 0 Å². The molecule has 2 rings (SSSR count). The van der Waals surface area contributed by atoms with Gasteiger partial charge in [-0.3, -0.25) is 10.9 Å². The summed E-state index contributed by atoms with van der Waals surface area (Å²) < 4.78 is 0. The SMILES string of the molecule is CC(C)(C)c1csc(CC(NN)c2ncn[nH]2)n1. The van der Waals surface area contributed by atoms with E-state index in [9.17, 15) is 0 Å². The summed E-state index contributed by atoms with van der Waals surface area (Å²) >= 11 is 1.65. The molecule has 7 heteroatoms. The van der Waals surface area contributed by atoms with Crippen molar-refractivity contribution >= 4 is 11.3 Å². The van der Waals surface area contributed by atoms with Crippen molar-refractivity contribution in [3.8, 4) is 0 Å². The van der Waals surface area contributed by atoms with Crippen molar-refractivity contribution in [2.75, 3.05) is 0 Å². The summed E-state index contributed by atoms with van der Waals surface area (Å²) in [6, 6.07) is -0.0912. The third-order valence-electron chi connectivity index (χ3n) is 2.66. The molecule has 18 heavy (non-hydrogen) atoms. The number of hydrogen-bond donors (Lipinski definition) is 3. The standard InChI is InChI=1S/C11H18N6S/c1-11(2,3)8-5-18-9(15-8)4-7(16-12)10-13-6-14-17-10/h5-7,16H,4,12H2,1-3H3,(H,13,14,17). The number of H-pyrrole nitrogens is 1. The van der Waals surface area contributed by atoms with Crippen molar-refractivity contribution in [2.24, 2.45) is 5.84 Å². The molecule has 2 aromatic rings. The lowest BCUT2D eigenvalue weighted by Crippen LogP contribution is -2.30. The highest BCUT2D eigenvalue weighted by molar-refractivity contribution is 7.09. The maximum Gasteiger partial charge on any atom is 0.143 e. The first-order valence-electron chi connectivity index (χ1n) is 5.77. The van der Waals surface area contributed by atoms with Crippen molar-refractivity contribution < 1.29 is 0 Å². The molecule has 98 valence electrons. The predicted molar refractivity (Wildman–Crippen MR) is 71.0 cm³/mol. The van der Waals surface area contributed by atoms with E-state index in [-0.39, 0.29) is 11.5 Å². The number of rotatable bonds is 4. The minimum absolute atomic E-state index is 0.0760. The molecule has 0 aliphatic rings. The Morgan fingerprint density at radius 1 is 1.50 bits per heavy atom. The zero-order valence-corrected chi connectivity index (χ0v) is 11.6. The van der Waals surface area contributed by atoms with Gasteiger partial charge in [-0.05, 0) is 0 Å². The highest BCUT2D eigenvalue weighted by Crippen LogP contribution is 2.25. The number of nitrogens with two attached hydrogens (primary N) is 1. The number of thiazole rings is 1. The third-order valence-corrected chi connectivity index (χ3v) is 3.53. The zero-order chi connectivity index (χ0) is 13.2. The Labute approximate surface area is 110 Å². The van der Waals surface area contributed by atoms with E-state index < -0.39 is 0 Å². The number of nitrogens with one attached hydrogen (secondary N) is 2. The maximum atomic E-state index is 5.54. The highest BCUT2D eigenvalue weighted by Gasteiger charge is 2.20. The number of aromatic amines is 1. The Balaban J connectivity index is 2.11. The molecule has 0 saturated heterocycles. The van der Waals surface area contributed by atoms with Crippen molar-refractivity contribution in [2.45, 2.75) is 38.6 Å². The fourth-order valence-corrected chi connectivity index (χ4v) is 2.61. The molecule has 0 saturated carbocycles. The number of nitrogens with zero attached hydrogens (tertiary/aromatic N) is 3. The normalized spacial score (nSPS) is 13.8. The minimum Gasteiger partial charge on any atom is -0.271 e. The summed E-state index contributed by atoms with van der Waals surface area (Å²) in [4.78, 5) is 8.75. The van der Waals surface area contributed by atoms with Gasteiger partial charge in [0.2, 0.25) is 0 Å². The van der Waals surface area contributed by atoms with E-state index in [4.69, 9.17) is 5.84 Å². The van der Waals surface area contributed by atoms with E-state index in [0.29, 0.717) is 6.42 Å². The van der Waals surface area contributed by atoms with Gasteiger partial charge in [0.15, 0.2) is 0 Å². The van der Waals surface area contributed by atoms with Crippen molar-refractivity contribution in [1.29, 1.82) is 0 Å². The molecule has 0 bridgehead atoms. The maximum absolute atomic E-state index is 5.54. The lowest BCUT2D eigenvalue weighted by atomic mass is 9.93. The van der Waals surface area contributed by atoms with Crippen LogP contribution in [0.2, 0.25) is 0 Å². The third kappa shape index (κ3) is 2.92. The molecule has 4 N–H and O–H groups in total. The second kappa shape index (κ2) is 5.13. The molecule has 2 aromatic heterocycles. The molecule has 2 heterocycles. The first kappa shape index (κ1) is 13.1. The van der Waals surface area contributed by atoms with E-state index in [1.165, 1.54) is 6.33 Å². The summed E-state index contributed by atoms with van der Waals surface area (Å²) in [6.45, 7) is 6.46. The van der Waals surface area contributed by atoms with Crippen LogP contribution in [0.3, 0.4) is 0 Å². The molecule has 6 nitrogen and oxygen atoms in total. The summed E-state index contributed by atoms with van der Waals surface area (Å²) in [5, 5.41) is 9.79. The number of hydrogen-bond acceptors (Lipinski definition) is 6. The van der Waals surface area contributed by atoms with Gasteiger partial charge in [-0.15, -0.1) is 11.3 Å². The molecule has 0 fully saturated rings. The van der Waals surface area contributed by atoms with Crippen LogP contribution in [0, 0.1) is 0 Å². The molecule has 0 aliphatic carbocycles. The minimum atomic E-state index is -0.0912. The van der Waals surface area contributed by atoms with Gasteiger partial charge in [0.25, 0.3) is 0 Å². The highest BCUT2D eigenvalue weighted by atomic mass is 32.1. The molecular formula is C11H18N6S. The molecule has 1 atom stereocenters. The van der Waals surface area contributed by atoms with E-state index >= 15 is 0 Å². The zero-order valence-electron chi connectivity index (χ0n) is 10.8. The van der Waals surface area contributed by atoms with Gasteiger partial charge in [-0.2, -0.15) is 5.10 Å². The van der Waals surface area contributed by atoms with Gasteiger partial charge in [-0.1, -0.05) is 20.8 Å². The molecule has 0 spiro atoms. The Morgan fingerprint density at radius 3 is 2.78 bits per heavy atom. The van der Waals surface area contributed by atoms with Gasteiger partial charge in [-0.25, -0.2) is 15.4 Å². The quantitative estimate of drug-likeness (QED) is 0.573. The van der Waals surface area contributed by atoms with Crippen LogP contribution >= 0.6 is 11.3 Å². The first-order valence-corrected chi connectivity index (χ1v) is 6.65. The number of hydrazine groups is 1. The van der Waals surface area contributed by atoms with Crippen LogP contribution in [0.4, 0.5) is 0 Å². The predicted octanol–water partition coefficient (Wildman–Crippen LogP) is 1.31. The molecule has 0 radical (unpaired) electrons.